The Kier molecular flexibility index (Phi) is 6.05. The largest absolute Gasteiger partial charge is 0.301 e. The fourth-order valence-electron chi connectivity index (χ4n) is 1.77. The number of nitrogens with zero attached hydrogens (tertiary/aromatic N) is 2. The average Bonchev–Trinajstić information content (AvgIpc) is 2.25. The summed E-state index contributed by atoms with van der Waals surface area (Å²) in [6, 6.07) is 2.20. The molecule has 0 aliphatic carbocycles. The number of unbranched alkanes of at least 4 members (excludes halogenated alkanes) is 2. The van der Waals surface area contributed by atoms with Crippen LogP contribution in [-0.2, 0) is 0 Å². The highest BCUT2D eigenvalue weighted by atomic mass is 32.2. The van der Waals surface area contributed by atoms with Gasteiger partial charge in [0.25, 0.3) is 0 Å². The monoisotopic (exact) mass is 212 g/mol. The number of thioether (sulfide) groups is 1. The van der Waals surface area contributed by atoms with E-state index < -0.39 is 0 Å². The summed E-state index contributed by atoms with van der Waals surface area (Å²) < 4.78 is 0. The molecule has 1 unspecified atom stereocenters. The number of hydrogen-bond acceptors (Lipinski definition) is 3. The SMILES string of the molecule is CCC1CN(CCCCC#N)CCS1. The minimum absolute atomic E-state index is 0.722. The van der Waals surface area contributed by atoms with Crippen molar-refractivity contribution >= 4 is 11.8 Å². The van der Waals surface area contributed by atoms with Gasteiger partial charge in [-0.2, -0.15) is 17.0 Å². The maximum atomic E-state index is 8.42. The summed E-state index contributed by atoms with van der Waals surface area (Å²) in [5.74, 6) is 1.29. The third-order valence-electron chi connectivity index (χ3n) is 2.69. The highest BCUT2D eigenvalue weighted by Crippen LogP contribution is 2.21. The van der Waals surface area contributed by atoms with E-state index in [2.05, 4.69) is 29.7 Å². The summed E-state index contributed by atoms with van der Waals surface area (Å²) in [7, 11) is 0. The van der Waals surface area contributed by atoms with Crippen molar-refractivity contribution < 1.29 is 0 Å². The van der Waals surface area contributed by atoms with Gasteiger partial charge < -0.3 is 4.90 Å². The predicted octanol–water partition coefficient (Wildman–Crippen LogP) is 2.51. The van der Waals surface area contributed by atoms with Gasteiger partial charge in [-0.05, 0) is 25.8 Å². The van der Waals surface area contributed by atoms with Gasteiger partial charge in [0.2, 0.25) is 0 Å². The van der Waals surface area contributed by atoms with Gasteiger partial charge in [0.1, 0.15) is 0 Å². The number of nitriles is 1. The summed E-state index contributed by atoms with van der Waals surface area (Å²) in [5.41, 5.74) is 0. The number of hydrogen-bond donors (Lipinski definition) is 0. The van der Waals surface area contributed by atoms with E-state index in [0.717, 1.165) is 18.1 Å². The smallest absolute Gasteiger partial charge is 0.0621 e. The first-order valence-electron chi connectivity index (χ1n) is 5.57. The summed E-state index contributed by atoms with van der Waals surface area (Å²) >= 11 is 2.12. The lowest BCUT2D eigenvalue weighted by Crippen LogP contribution is -2.38. The average molecular weight is 212 g/mol. The van der Waals surface area contributed by atoms with Crippen LogP contribution in [0.1, 0.15) is 32.6 Å². The van der Waals surface area contributed by atoms with Crippen molar-refractivity contribution in [2.45, 2.75) is 37.9 Å². The molecule has 0 aromatic heterocycles. The Labute approximate surface area is 91.7 Å². The van der Waals surface area contributed by atoms with Crippen LogP contribution >= 0.6 is 11.8 Å². The lowest BCUT2D eigenvalue weighted by Gasteiger charge is -2.31. The third-order valence-corrected chi connectivity index (χ3v) is 4.06. The zero-order valence-corrected chi connectivity index (χ0v) is 9.85. The second kappa shape index (κ2) is 7.14. The second-order valence-electron chi connectivity index (χ2n) is 3.82. The van der Waals surface area contributed by atoms with Crippen LogP contribution in [0, 0.1) is 11.3 Å². The van der Waals surface area contributed by atoms with Crippen LogP contribution < -0.4 is 0 Å². The molecule has 1 aliphatic rings. The van der Waals surface area contributed by atoms with Crippen molar-refractivity contribution in [3.8, 4) is 6.07 Å². The molecule has 1 fully saturated rings. The highest BCUT2D eigenvalue weighted by Gasteiger charge is 2.17. The molecule has 1 atom stereocenters. The fraction of sp³-hybridized carbons (Fsp3) is 0.909. The first-order chi connectivity index (χ1) is 6.86. The Morgan fingerprint density at radius 1 is 1.50 bits per heavy atom. The van der Waals surface area contributed by atoms with Gasteiger partial charge in [-0.25, -0.2) is 0 Å². The van der Waals surface area contributed by atoms with E-state index in [4.69, 9.17) is 5.26 Å². The van der Waals surface area contributed by atoms with E-state index in [0.29, 0.717) is 0 Å². The van der Waals surface area contributed by atoms with Gasteiger partial charge in [-0.15, -0.1) is 0 Å². The molecule has 0 aromatic rings. The van der Waals surface area contributed by atoms with Crippen LogP contribution in [0.4, 0.5) is 0 Å². The molecule has 3 heteroatoms. The van der Waals surface area contributed by atoms with Crippen LogP contribution in [0.25, 0.3) is 0 Å². The van der Waals surface area contributed by atoms with Crippen LogP contribution in [0.3, 0.4) is 0 Å². The maximum absolute atomic E-state index is 8.42. The number of rotatable bonds is 5. The van der Waals surface area contributed by atoms with Crippen LogP contribution in [-0.4, -0.2) is 35.5 Å². The molecule has 2 nitrogen and oxygen atoms in total. The van der Waals surface area contributed by atoms with Crippen molar-refractivity contribution in [3.63, 3.8) is 0 Å². The molecule has 0 saturated carbocycles. The summed E-state index contributed by atoms with van der Waals surface area (Å²) in [4.78, 5) is 2.56. The molecule has 0 N–H and O–H groups in total. The van der Waals surface area contributed by atoms with Crippen molar-refractivity contribution in [3.05, 3.63) is 0 Å². The summed E-state index contributed by atoms with van der Waals surface area (Å²) in [6.07, 6.45) is 4.27. The lowest BCUT2D eigenvalue weighted by atomic mass is 10.2. The van der Waals surface area contributed by atoms with Gasteiger partial charge in [0.15, 0.2) is 0 Å². The molecule has 1 rings (SSSR count). The molecular weight excluding hydrogens is 192 g/mol. The second-order valence-corrected chi connectivity index (χ2v) is 5.23. The van der Waals surface area contributed by atoms with Gasteiger partial charge in [0.05, 0.1) is 6.07 Å². The minimum atomic E-state index is 0.722. The Morgan fingerprint density at radius 3 is 3.07 bits per heavy atom. The van der Waals surface area contributed by atoms with Crippen molar-refractivity contribution in [1.29, 1.82) is 5.26 Å². The zero-order valence-electron chi connectivity index (χ0n) is 9.04. The van der Waals surface area contributed by atoms with Gasteiger partial charge in [0, 0.05) is 30.5 Å². The molecule has 1 saturated heterocycles. The Morgan fingerprint density at radius 2 is 2.36 bits per heavy atom. The van der Waals surface area contributed by atoms with E-state index in [1.54, 1.807) is 0 Å². The molecule has 0 spiro atoms. The van der Waals surface area contributed by atoms with Crippen molar-refractivity contribution in [2.24, 2.45) is 0 Å². The standard InChI is InChI=1S/C11H20N2S/c1-2-11-10-13(8-9-14-11)7-5-3-4-6-12/h11H,2-5,7-10H2,1H3. The minimum Gasteiger partial charge on any atom is -0.301 e. The zero-order chi connectivity index (χ0) is 10.2. The summed E-state index contributed by atoms with van der Waals surface area (Å²) in [5, 5.41) is 9.26. The molecule has 80 valence electrons. The third kappa shape index (κ3) is 4.34. The fourth-order valence-corrected chi connectivity index (χ4v) is 3.02. The molecular formula is C11H20N2S. The molecule has 14 heavy (non-hydrogen) atoms. The quantitative estimate of drug-likeness (QED) is 0.655. The molecule has 0 bridgehead atoms. The van der Waals surface area contributed by atoms with E-state index in [1.165, 1.54) is 38.2 Å². The Bertz CT molecular complexity index is 188. The molecule has 1 heterocycles. The molecule has 0 radical (unpaired) electrons. The van der Waals surface area contributed by atoms with Crippen LogP contribution in [0.2, 0.25) is 0 Å². The Hall–Kier alpha value is -0.200. The first-order valence-corrected chi connectivity index (χ1v) is 6.62. The van der Waals surface area contributed by atoms with Gasteiger partial charge in [-0.3, -0.25) is 0 Å². The maximum Gasteiger partial charge on any atom is 0.0621 e. The molecule has 0 aromatic carbocycles. The van der Waals surface area contributed by atoms with Gasteiger partial charge in [-0.1, -0.05) is 6.92 Å². The van der Waals surface area contributed by atoms with Crippen LogP contribution in [0.15, 0.2) is 0 Å². The van der Waals surface area contributed by atoms with Crippen molar-refractivity contribution in [2.75, 3.05) is 25.4 Å². The lowest BCUT2D eigenvalue weighted by molar-refractivity contribution is 0.276. The Balaban J connectivity index is 2.08. The van der Waals surface area contributed by atoms with Crippen molar-refractivity contribution in [1.82, 2.24) is 4.90 Å². The van der Waals surface area contributed by atoms with E-state index in [1.807, 2.05) is 0 Å². The van der Waals surface area contributed by atoms with Crippen LogP contribution in [0.5, 0.6) is 0 Å². The summed E-state index contributed by atoms with van der Waals surface area (Å²) in [6.45, 7) is 5.97. The highest BCUT2D eigenvalue weighted by molar-refractivity contribution is 8.00. The van der Waals surface area contributed by atoms with E-state index in [-0.39, 0.29) is 0 Å². The van der Waals surface area contributed by atoms with E-state index >= 15 is 0 Å². The predicted molar refractivity (Wildman–Crippen MR) is 62.4 cm³/mol. The topological polar surface area (TPSA) is 27.0 Å². The molecule has 0 amide bonds. The van der Waals surface area contributed by atoms with Gasteiger partial charge >= 0.3 is 0 Å². The normalized spacial score (nSPS) is 23.3. The van der Waals surface area contributed by atoms with E-state index in [9.17, 15) is 0 Å². The molecule has 1 aliphatic heterocycles. The first kappa shape index (κ1) is 11.9.